The fourth-order valence-electron chi connectivity index (χ4n) is 1.69. The van der Waals surface area contributed by atoms with Crippen molar-refractivity contribution in [2.75, 3.05) is 7.05 Å². The Morgan fingerprint density at radius 3 is 3.00 bits per heavy atom. The number of hydrogen-bond acceptors (Lipinski definition) is 2. The van der Waals surface area contributed by atoms with Crippen molar-refractivity contribution in [3.8, 4) is 0 Å². The molecule has 1 aromatic carbocycles. The zero-order valence-corrected chi connectivity index (χ0v) is 7.50. The second-order valence-corrected chi connectivity index (χ2v) is 3.14. The predicted molar refractivity (Wildman–Crippen MR) is 50.1 cm³/mol. The average molecular weight is 176 g/mol. The van der Waals surface area contributed by atoms with Crippen LogP contribution < -0.4 is 10.6 Å². The number of likely N-dealkylation sites (N-methyl/N-ethyl adjacent to an activating group) is 1. The molecule has 2 rings (SSSR count). The standard InChI is InChI=1S/C10H12N2O/c1-11-9-8-5-3-2-4-7(8)6-12-10(9)13/h2-5,9,11H,6H2,1H3,(H,12,13). The maximum Gasteiger partial charge on any atom is 0.242 e. The van der Waals surface area contributed by atoms with E-state index in [9.17, 15) is 4.79 Å². The normalized spacial score (nSPS) is 20.7. The molecule has 68 valence electrons. The van der Waals surface area contributed by atoms with Gasteiger partial charge < -0.3 is 10.6 Å². The fourth-order valence-corrected chi connectivity index (χ4v) is 1.69. The monoisotopic (exact) mass is 176 g/mol. The van der Waals surface area contributed by atoms with Crippen LogP contribution in [0.4, 0.5) is 0 Å². The van der Waals surface area contributed by atoms with E-state index in [0.29, 0.717) is 6.54 Å². The van der Waals surface area contributed by atoms with E-state index in [0.717, 1.165) is 5.56 Å². The van der Waals surface area contributed by atoms with E-state index in [1.54, 1.807) is 7.05 Å². The fraction of sp³-hybridized carbons (Fsp3) is 0.300. The quantitative estimate of drug-likeness (QED) is 0.657. The lowest BCUT2D eigenvalue weighted by Crippen LogP contribution is -2.40. The highest BCUT2D eigenvalue weighted by Gasteiger charge is 2.24. The minimum atomic E-state index is -0.190. The van der Waals surface area contributed by atoms with E-state index in [1.807, 2.05) is 24.3 Å². The molecule has 3 heteroatoms. The average Bonchev–Trinajstić information content (AvgIpc) is 2.18. The molecule has 1 aliphatic heterocycles. The van der Waals surface area contributed by atoms with Crippen LogP contribution in [0.15, 0.2) is 24.3 Å². The van der Waals surface area contributed by atoms with Crippen LogP contribution in [-0.2, 0) is 11.3 Å². The molecule has 1 unspecified atom stereocenters. The molecule has 0 fully saturated rings. The van der Waals surface area contributed by atoms with Gasteiger partial charge in [0, 0.05) is 6.54 Å². The van der Waals surface area contributed by atoms with Crippen molar-refractivity contribution in [1.29, 1.82) is 0 Å². The maximum absolute atomic E-state index is 11.4. The summed E-state index contributed by atoms with van der Waals surface area (Å²) >= 11 is 0. The number of carbonyl (C=O) groups excluding carboxylic acids is 1. The zero-order valence-electron chi connectivity index (χ0n) is 7.50. The van der Waals surface area contributed by atoms with Gasteiger partial charge in [-0.15, -0.1) is 0 Å². The van der Waals surface area contributed by atoms with Gasteiger partial charge >= 0.3 is 0 Å². The van der Waals surface area contributed by atoms with Gasteiger partial charge in [-0.2, -0.15) is 0 Å². The number of nitrogens with one attached hydrogen (secondary N) is 2. The third kappa shape index (κ3) is 1.31. The smallest absolute Gasteiger partial charge is 0.242 e. The summed E-state index contributed by atoms with van der Waals surface area (Å²) in [5, 5.41) is 5.84. The molecule has 0 aliphatic carbocycles. The van der Waals surface area contributed by atoms with E-state index in [-0.39, 0.29) is 11.9 Å². The molecule has 0 saturated heterocycles. The van der Waals surface area contributed by atoms with E-state index in [2.05, 4.69) is 10.6 Å². The second-order valence-electron chi connectivity index (χ2n) is 3.14. The molecule has 1 aliphatic rings. The number of fused-ring (bicyclic) bond motifs is 1. The van der Waals surface area contributed by atoms with Crippen molar-refractivity contribution in [2.24, 2.45) is 0 Å². The molecule has 0 bridgehead atoms. The first-order valence-corrected chi connectivity index (χ1v) is 4.35. The van der Waals surface area contributed by atoms with Crippen LogP contribution in [0.25, 0.3) is 0 Å². The molecule has 0 radical (unpaired) electrons. The third-order valence-electron chi connectivity index (χ3n) is 2.37. The Morgan fingerprint density at radius 1 is 1.46 bits per heavy atom. The summed E-state index contributed by atoms with van der Waals surface area (Å²) in [7, 11) is 1.80. The Kier molecular flexibility index (Phi) is 2.02. The number of rotatable bonds is 1. The second kappa shape index (κ2) is 3.18. The molecule has 1 atom stereocenters. The highest BCUT2D eigenvalue weighted by atomic mass is 16.2. The van der Waals surface area contributed by atoms with Gasteiger partial charge in [-0.25, -0.2) is 0 Å². The minimum absolute atomic E-state index is 0.0567. The Labute approximate surface area is 77.1 Å². The topological polar surface area (TPSA) is 41.1 Å². The van der Waals surface area contributed by atoms with Crippen molar-refractivity contribution in [2.45, 2.75) is 12.6 Å². The molecular formula is C10H12N2O. The third-order valence-corrected chi connectivity index (χ3v) is 2.37. The Hall–Kier alpha value is -1.35. The van der Waals surface area contributed by atoms with Crippen LogP contribution in [-0.4, -0.2) is 13.0 Å². The van der Waals surface area contributed by atoms with Crippen molar-refractivity contribution < 1.29 is 4.79 Å². The molecule has 0 saturated carbocycles. The SMILES string of the molecule is CNC1C(=O)NCc2ccccc21. The van der Waals surface area contributed by atoms with Crippen molar-refractivity contribution in [3.63, 3.8) is 0 Å². The highest BCUT2D eigenvalue weighted by Crippen LogP contribution is 2.21. The summed E-state index contributed by atoms with van der Waals surface area (Å²) in [6, 6.07) is 7.80. The number of benzene rings is 1. The molecule has 13 heavy (non-hydrogen) atoms. The van der Waals surface area contributed by atoms with Gasteiger partial charge in [0.2, 0.25) is 5.91 Å². The first-order valence-electron chi connectivity index (χ1n) is 4.35. The van der Waals surface area contributed by atoms with Crippen LogP contribution in [0.1, 0.15) is 17.2 Å². The minimum Gasteiger partial charge on any atom is -0.350 e. The lowest BCUT2D eigenvalue weighted by Gasteiger charge is -2.24. The van der Waals surface area contributed by atoms with Gasteiger partial charge in [-0.05, 0) is 18.2 Å². The summed E-state index contributed by atoms with van der Waals surface area (Å²) in [5.41, 5.74) is 2.29. The van der Waals surface area contributed by atoms with Crippen molar-refractivity contribution in [3.05, 3.63) is 35.4 Å². The zero-order chi connectivity index (χ0) is 9.26. The van der Waals surface area contributed by atoms with Gasteiger partial charge in [0.25, 0.3) is 0 Å². The van der Waals surface area contributed by atoms with Crippen LogP contribution >= 0.6 is 0 Å². The lowest BCUT2D eigenvalue weighted by atomic mass is 9.96. The van der Waals surface area contributed by atoms with E-state index in [4.69, 9.17) is 0 Å². The van der Waals surface area contributed by atoms with Gasteiger partial charge in [0.05, 0.1) is 0 Å². The Bertz CT molecular complexity index is 335. The number of hydrogen-bond donors (Lipinski definition) is 2. The van der Waals surface area contributed by atoms with Crippen LogP contribution in [0.5, 0.6) is 0 Å². The number of carbonyl (C=O) groups is 1. The number of amides is 1. The molecular weight excluding hydrogens is 164 g/mol. The van der Waals surface area contributed by atoms with Crippen LogP contribution in [0, 0.1) is 0 Å². The van der Waals surface area contributed by atoms with Crippen molar-refractivity contribution in [1.82, 2.24) is 10.6 Å². The molecule has 1 heterocycles. The van der Waals surface area contributed by atoms with E-state index < -0.39 is 0 Å². The van der Waals surface area contributed by atoms with Crippen LogP contribution in [0.3, 0.4) is 0 Å². The Morgan fingerprint density at radius 2 is 2.23 bits per heavy atom. The summed E-state index contributed by atoms with van der Waals surface area (Å²) in [5.74, 6) is 0.0567. The molecule has 1 aromatic rings. The maximum atomic E-state index is 11.4. The predicted octanol–water partition coefficient (Wildman–Crippen LogP) is 0.577. The molecule has 3 nitrogen and oxygen atoms in total. The van der Waals surface area contributed by atoms with Gasteiger partial charge in [-0.3, -0.25) is 4.79 Å². The molecule has 2 N–H and O–H groups in total. The first kappa shape index (κ1) is 8.26. The van der Waals surface area contributed by atoms with Gasteiger partial charge in [0.15, 0.2) is 0 Å². The van der Waals surface area contributed by atoms with Gasteiger partial charge in [-0.1, -0.05) is 24.3 Å². The highest BCUT2D eigenvalue weighted by molar-refractivity contribution is 5.85. The first-order chi connectivity index (χ1) is 6.33. The van der Waals surface area contributed by atoms with Gasteiger partial charge in [0.1, 0.15) is 6.04 Å². The lowest BCUT2D eigenvalue weighted by molar-refractivity contribution is -0.123. The summed E-state index contributed by atoms with van der Waals surface area (Å²) in [6.07, 6.45) is 0. The summed E-state index contributed by atoms with van der Waals surface area (Å²) in [6.45, 7) is 0.646. The summed E-state index contributed by atoms with van der Waals surface area (Å²) in [4.78, 5) is 11.4. The van der Waals surface area contributed by atoms with Crippen LogP contribution in [0.2, 0.25) is 0 Å². The molecule has 1 amide bonds. The molecule has 0 spiro atoms. The molecule has 0 aromatic heterocycles. The Balaban J connectivity index is 2.45. The largest absolute Gasteiger partial charge is 0.350 e. The van der Waals surface area contributed by atoms with E-state index >= 15 is 0 Å². The van der Waals surface area contributed by atoms with Crippen molar-refractivity contribution >= 4 is 5.91 Å². The van der Waals surface area contributed by atoms with E-state index in [1.165, 1.54) is 5.56 Å². The summed E-state index contributed by atoms with van der Waals surface area (Å²) < 4.78 is 0.